The van der Waals surface area contributed by atoms with Crippen molar-refractivity contribution in [1.82, 2.24) is 0 Å². The predicted octanol–water partition coefficient (Wildman–Crippen LogP) is 24.3. The molecule has 1 unspecified atom stereocenters. The van der Waals surface area contributed by atoms with Gasteiger partial charge in [-0.25, -0.2) is 0 Å². The van der Waals surface area contributed by atoms with Crippen LogP contribution < -0.4 is 0 Å². The number of hydrogen-bond donors (Lipinski definition) is 0. The first-order valence-corrected chi connectivity index (χ1v) is 35.3. The lowest BCUT2D eigenvalue weighted by molar-refractivity contribution is -0.167. The van der Waals surface area contributed by atoms with E-state index >= 15 is 0 Å². The molecule has 0 heterocycles. The highest BCUT2D eigenvalue weighted by Crippen LogP contribution is 2.18. The minimum absolute atomic E-state index is 0.0766. The van der Waals surface area contributed by atoms with Crippen molar-refractivity contribution in [2.45, 2.75) is 380 Å². The monoisotopic (exact) mass is 1120 g/mol. The largest absolute Gasteiger partial charge is 0.462 e. The van der Waals surface area contributed by atoms with Gasteiger partial charge in [-0.2, -0.15) is 0 Å². The highest BCUT2D eigenvalue weighted by molar-refractivity contribution is 5.71. The van der Waals surface area contributed by atoms with Crippen molar-refractivity contribution in [3.63, 3.8) is 0 Å². The molecule has 0 aliphatic rings. The minimum atomic E-state index is -0.782. The number of hydrogen-bond acceptors (Lipinski definition) is 6. The summed E-state index contributed by atoms with van der Waals surface area (Å²) in [5.74, 6) is -0.873. The number of carbonyl (C=O) groups excluding carboxylic acids is 3. The van der Waals surface area contributed by atoms with Crippen LogP contribution in [0.1, 0.15) is 374 Å². The van der Waals surface area contributed by atoms with E-state index in [9.17, 15) is 14.4 Å². The second-order valence-corrected chi connectivity index (χ2v) is 23.8. The number of carbonyl (C=O) groups is 3. The fourth-order valence-electron chi connectivity index (χ4n) is 10.5. The van der Waals surface area contributed by atoms with Crippen LogP contribution >= 0.6 is 0 Å². The first-order valence-electron chi connectivity index (χ1n) is 35.3. The molecule has 1 atom stereocenters. The van der Waals surface area contributed by atoms with E-state index in [1.165, 1.54) is 238 Å². The molecule has 0 spiro atoms. The smallest absolute Gasteiger partial charge is 0.306 e. The number of unbranched alkanes of at least 4 members (excludes halogenated alkanes) is 44. The maximum absolute atomic E-state index is 12.9. The molecule has 0 radical (unpaired) electrons. The molecule has 0 saturated carbocycles. The zero-order chi connectivity index (χ0) is 57.8. The standard InChI is InChI=1S/C74H134O6/c1-4-7-10-13-16-19-22-25-27-29-31-33-34-35-36-37-38-39-40-42-43-45-47-49-52-55-58-61-64-67-73(76)79-70-71(69-78-72(75)66-63-60-57-54-51-24-21-18-15-12-9-6-3)80-74(77)68-65-62-59-56-53-50-48-46-44-41-32-30-28-26-23-20-17-14-11-8-5-2/h8,11,17-18,20-21,26,28,32,41,71H,4-7,9-10,12-16,19,22-25,27,29-31,33-40,42-70H2,1-3H3/b11-8-,20-17-,21-18-,28-26-,41-32-. The number of esters is 3. The Morgan fingerprint density at radius 1 is 0.263 bits per heavy atom. The maximum Gasteiger partial charge on any atom is 0.306 e. The Hall–Kier alpha value is -2.89. The van der Waals surface area contributed by atoms with Crippen LogP contribution in [-0.2, 0) is 28.6 Å². The lowest BCUT2D eigenvalue weighted by Crippen LogP contribution is -2.30. The highest BCUT2D eigenvalue weighted by atomic mass is 16.6. The van der Waals surface area contributed by atoms with Crippen molar-refractivity contribution in [1.29, 1.82) is 0 Å². The SMILES string of the molecule is CC/C=C\C/C=C\C/C=C\C/C=C\CCCCCCCCCCC(=O)OC(COC(=O)CCCCCCC/C=C\CCCCC)COC(=O)CCCCCCCCCCCCCCCCCCCCCCCCCCCCCCC. The van der Waals surface area contributed by atoms with Crippen LogP contribution in [0.5, 0.6) is 0 Å². The Morgan fingerprint density at radius 2 is 0.487 bits per heavy atom. The van der Waals surface area contributed by atoms with Gasteiger partial charge < -0.3 is 14.2 Å². The van der Waals surface area contributed by atoms with Crippen LogP contribution in [0.25, 0.3) is 0 Å². The molecule has 0 aromatic carbocycles. The number of allylic oxidation sites excluding steroid dienone is 10. The Kier molecular flexibility index (Phi) is 66.1. The molecule has 0 N–H and O–H groups in total. The second-order valence-electron chi connectivity index (χ2n) is 23.8. The molecule has 0 aliphatic carbocycles. The van der Waals surface area contributed by atoms with Crippen LogP contribution in [0, 0.1) is 0 Å². The molecule has 6 heteroatoms. The lowest BCUT2D eigenvalue weighted by Gasteiger charge is -2.18. The third-order valence-corrected chi connectivity index (χ3v) is 15.8. The van der Waals surface area contributed by atoms with Gasteiger partial charge in [0.25, 0.3) is 0 Å². The van der Waals surface area contributed by atoms with Crippen LogP contribution in [0.3, 0.4) is 0 Å². The van der Waals surface area contributed by atoms with Crippen molar-refractivity contribution in [3.8, 4) is 0 Å². The molecular formula is C74H134O6. The van der Waals surface area contributed by atoms with E-state index in [4.69, 9.17) is 14.2 Å². The van der Waals surface area contributed by atoms with Gasteiger partial charge in [0, 0.05) is 19.3 Å². The van der Waals surface area contributed by atoms with E-state index < -0.39 is 6.10 Å². The van der Waals surface area contributed by atoms with Gasteiger partial charge in [0.15, 0.2) is 6.10 Å². The fraction of sp³-hybridized carbons (Fsp3) is 0.824. The molecule has 466 valence electrons. The van der Waals surface area contributed by atoms with E-state index in [-0.39, 0.29) is 31.1 Å². The zero-order valence-corrected chi connectivity index (χ0v) is 53.6. The van der Waals surface area contributed by atoms with Crippen molar-refractivity contribution in [2.24, 2.45) is 0 Å². The summed E-state index contributed by atoms with van der Waals surface area (Å²) < 4.78 is 17.0. The lowest BCUT2D eigenvalue weighted by atomic mass is 10.0. The van der Waals surface area contributed by atoms with E-state index in [2.05, 4.69) is 81.5 Å². The van der Waals surface area contributed by atoms with Crippen LogP contribution in [0.15, 0.2) is 60.8 Å². The molecule has 0 bridgehead atoms. The third-order valence-electron chi connectivity index (χ3n) is 15.8. The van der Waals surface area contributed by atoms with Gasteiger partial charge in [-0.05, 0) is 83.5 Å². The Bertz CT molecular complexity index is 1430. The van der Waals surface area contributed by atoms with Gasteiger partial charge in [-0.3, -0.25) is 14.4 Å². The molecule has 0 aromatic rings. The summed E-state index contributed by atoms with van der Waals surface area (Å²) in [5.41, 5.74) is 0. The Labute approximate surface area is 498 Å². The molecule has 0 aliphatic heterocycles. The van der Waals surface area contributed by atoms with Crippen molar-refractivity contribution in [2.75, 3.05) is 13.2 Å². The summed E-state index contributed by atoms with van der Waals surface area (Å²) in [6.07, 6.45) is 88.3. The summed E-state index contributed by atoms with van der Waals surface area (Å²) in [4.78, 5) is 38.4. The zero-order valence-electron chi connectivity index (χ0n) is 53.6. The topological polar surface area (TPSA) is 78.9 Å². The normalized spacial score (nSPS) is 12.4. The molecule has 0 aromatic heterocycles. The van der Waals surface area contributed by atoms with Gasteiger partial charge >= 0.3 is 17.9 Å². The van der Waals surface area contributed by atoms with Gasteiger partial charge in [-0.1, -0.05) is 332 Å². The third kappa shape index (κ3) is 65.9. The molecule has 80 heavy (non-hydrogen) atoms. The molecule has 0 saturated heterocycles. The fourth-order valence-corrected chi connectivity index (χ4v) is 10.5. The quantitative estimate of drug-likeness (QED) is 0.0261. The van der Waals surface area contributed by atoms with Crippen molar-refractivity contribution in [3.05, 3.63) is 60.8 Å². The van der Waals surface area contributed by atoms with E-state index in [0.29, 0.717) is 19.3 Å². The predicted molar refractivity (Wildman–Crippen MR) is 348 cm³/mol. The number of ether oxygens (including phenoxy) is 3. The van der Waals surface area contributed by atoms with Gasteiger partial charge in [0.1, 0.15) is 13.2 Å². The summed E-state index contributed by atoms with van der Waals surface area (Å²) in [7, 11) is 0. The average molecular weight is 1120 g/mol. The van der Waals surface area contributed by atoms with Crippen molar-refractivity contribution >= 4 is 17.9 Å². The summed E-state index contributed by atoms with van der Waals surface area (Å²) in [6.45, 7) is 6.55. The number of rotatable bonds is 65. The van der Waals surface area contributed by atoms with Gasteiger partial charge in [0.05, 0.1) is 0 Å². The van der Waals surface area contributed by atoms with E-state index in [1.807, 2.05) is 0 Å². The molecule has 6 nitrogen and oxygen atoms in total. The first kappa shape index (κ1) is 77.1. The molecule has 0 rings (SSSR count). The van der Waals surface area contributed by atoms with Crippen molar-refractivity contribution < 1.29 is 28.6 Å². The van der Waals surface area contributed by atoms with Crippen LogP contribution in [-0.4, -0.2) is 37.2 Å². The first-order chi connectivity index (χ1) is 39.5. The highest BCUT2D eigenvalue weighted by Gasteiger charge is 2.19. The van der Waals surface area contributed by atoms with Gasteiger partial charge in [0.2, 0.25) is 0 Å². The van der Waals surface area contributed by atoms with E-state index in [0.717, 1.165) is 96.3 Å². The summed E-state index contributed by atoms with van der Waals surface area (Å²) in [5, 5.41) is 0. The Balaban J connectivity index is 4.19. The van der Waals surface area contributed by atoms with Gasteiger partial charge in [-0.15, -0.1) is 0 Å². The molecule has 0 amide bonds. The summed E-state index contributed by atoms with van der Waals surface area (Å²) in [6, 6.07) is 0. The summed E-state index contributed by atoms with van der Waals surface area (Å²) >= 11 is 0. The minimum Gasteiger partial charge on any atom is -0.462 e. The Morgan fingerprint density at radius 3 is 0.800 bits per heavy atom. The van der Waals surface area contributed by atoms with Crippen LogP contribution in [0.2, 0.25) is 0 Å². The van der Waals surface area contributed by atoms with Crippen LogP contribution in [0.4, 0.5) is 0 Å². The maximum atomic E-state index is 12.9. The molecular weight excluding hydrogens is 985 g/mol. The van der Waals surface area contributed by atoms with E-state index in [1.54, 1.807) is 0 Å². The molecule has 0 fully saturated rings. The average Bonchev–Trinajstić information content (AvgIpc) is 3.46. The second kappa shape index (κ2) is 68.6.